The maximum Gasteiger partial charge on any atom is 0.0438 e. The largest absolute Gasteiger partial charge is 0.333 e. The Balaban J connectivity index is 0.000000371. The third-order valence-corrected chi connectivity index (χ3v) is 4.22. The van der Waals surface area contributed by atoms with Gasteiger partial charge in [0.25, 0.3) is 0 Å². The fourth-order valence-corrected chi connectivity index (χ4v) is 2.87. The van der Waals surface area contributed by atoms with Crippen molar-refractivity contribution in [1.29, 1.82) is 0 Å². The van der Waals surface area contributed by atoms with Gasteiger partial charge in [0.2, 0.25) is 0 Å². The lowest BCUT2D eigenvalue weighted by atomic mass is 9.94. The predicted octanol–water partition coefficient (Wildman–Crippen LogP) is 3.11. The molecule has 0 bridgehead atoms. The lowest BCUT2D eigenvalue weighted by molar-refractivity contribution is 0.675. The van der Waals surface area contributed by atoms with Crippen molar-refractivity contribution in [2.24, 2.45) is 11.7 Å². The topological polar surface area (TPSA) is 38.0 Å². The number of fused-ring (bicyclic) bond motifs is 1. The highest BCUT2D eigenvalue weighted by Gasteiger charge is 2.57. The molecule has 3 rings (SSSR count). The number of nitrogens with two attached hydrogens (primary N) is 1. The highest BCUT2D eigenvalue weighted by molar-refractivity contribution is 6.31. The molecule has 0 spiro atoms. The molecule has 1 saturated heterocycles. The lowest BCUT2D eigenvalue weighted by Gasteiger charge is -2.13. The Morgan fingerprint density at radius 3 is 2.44 bits per heavy atom. The zero-order valence-corrected chi connectivity index (χ0v) is 12.6. The number of benzene rings is 1. The van der Waals surface area contributed by atoms with E-state index in [2.05, 4.69) is 36.2 Å². The van der Waals surface area contributed by atoms with Gasteiger partial charge in [0.15, 0.2) is 0 Å². The van der Waals surface area contributed by atoms with Crippen molar-refractivity contribution >= 4 is 11.6 Å². The van der Waals surface area contributed by atoms with Crippen LogP contribution in [0, 0.1) is 12.8 Å². The SMILES string of the molecule is CC.CN.Cc1ccc(C23CNCC2C3)cc1Cl. The van der Waals surface area contributed by atoms with Crippen molar-refractivity contribution in [3.63, 3.8) is 0 Å². The Bertz CT molecular complexity index is 392. The van der Waals surface area contributed by atoms with E-state index in [9.17, 15) is 0 Å². The molecule has 1 heterocycles. The molecule has 2 aliphatic rings. The second-order valence-electron chi connectivity index (χ2n) is 4.65. The van der Waals surface area contributed by atoms with Gasteiger partial charge in [-0.2, -0.15) is 0 Å². The lowest BCUT2D eigenvalue weighted by Crippen LogP contribution is -2.19. The summed E-state index contributed by atoms with van der Waals surface area (Å²) in [4.78, 5) is 0. The standard InChI is InChI=1S/C12H14ClN.C2H6.CH5N/c1-8-2-3-9(4-11(8)13)12-5-10(12)6-14-7-12;2*1-2/h2-4,10,14H,5-7H2,1H3;1-2H3;2H2,1H3. The molecule has 0 amide bonds. The number of nitrogens with one attached hydrogen (secondary N) is 1. The molecule has 2 fully saturated rings. The number of halogens is 1. The van der Waals surface area contributed by atoms with Gasteiger partial charge in [-0.1, -0.05) is 37.6 Å². The first-order valence-electron chi connectivity index (χ1n) is 6.77. The number of aryl methyl sites for hydroxylation is 1. The number of hydrogen-bond acceptors (Lipinski definition) is 2. The van der Waals surface area contributed by atoms with Crippen LogP contribution in [0.15, 0.2) is 18.2 Å². The molecule has 1 aromatic rings. The van der Waals surface area contributed by atoms with E-state index in [0.29, 0.717) is 5.41 Å². The Hall–Kier alpha value is -0.570. The minimum atomic E-state index is 0.442. The van der Waals surface area contributed by atoms with Gasteiger partial charge in [-0.25, -0.2) is 0 Å². The summed E-state index contributed by atoms with van der Waals surface area (Å²) in [6.07, 6.45) is 1.35. The van der Waals surface area contributed by atoms with Crippen molar-refractivity contribution in [3.8, 4) is 0 Å². The molecule has 0 radical (unpaired) electrons. The van der Waals surface area contributed by atoms with Gasteiger partial charge < -0.3 is 11.1 Å². The summed E-state index contributed by atoms with van der Waals surface area (Å²) in [7, 11) is 1.50. The van der Waals surface area contributed by atoms with Crippen LogP contribution in [-0.2, 0) is 5.41 Å². The first kappa shape index (κ1) is 15.5. The third-order valence-electron chi connectivity index (χ3n) is 3.81. The molecule has 2 unspecified atom stereocenters. The van der Waals surface area contributed by atoms with Gasteiger partial charge in [-0.3, -0.25) is 0 Å². The molecule has 2 nitrogen and oxygen atoms in total. The molecule has 1 aromatic carbocycles. The summed E-state index contributed by atoms with van der Waals surface area (Å²) >= 11 is 6.15. The molecular formula is C15H25ClN2. The van der Waals surface area contributed by atoms with Crippen LogP contribution in [0.25, 0.3) is 0 Å². The van der Waals surface area contributed by atoms with Crippen LogP contribution >= 0.6 is 11.6 Å². The van der Waals surface area contributed by atoms with Crippen molar-refractivity contribution in [3.05, 3.63) is 34.3 Å². The minimum absolute atomic E-state index is 0.442. The Kier molecular flexibility index (Phi) is 5.64. The quantitative estimate of drug-likeness (QED) is 0.821. The summed E-state index contributed by atoms with van der Waals surface area (Å²) in [6.45, 7) is 8.38. The molecule has 3 N–H and O–H groups in total. The molecule has 1 saturated carbocycles. The highest BCUT2D eigenvalue weighted by Crippen LogP contribution is 2.56. The van der Waals surface area contributed by atoms with E-state index >= 15 is 0 Å². The summed E-state index contributed by atoms with van der Waals surface area (Å²) in [6, 6.07) is 6.54. The molecule has 1 aliphatic carbocycles. The monoisotopic (exact) mass is 268 g/mol. The first-order chi connectivity index (χ1) is 8.72. The van der Waals surface area contributed by atoms with E-state index < -0.39 is 0 Å². The van der Waals surface area contributed by atoms with Gasteiger partial charge in [-0.15, -0.1) is 0 Å². The minimum Gasteiger partial charge on any atom is -0.333 e. The molecule has 2 atom stereocenters. The van der Waals surface area contributed by atoms with Crippen LogP contribution in [-0.4, -0.2) is 20.1 Å². The fraction of sp³-hybridized carbons (Fsp3) is 0.600. The van der Waals surface area contributed by atoms with Gasteiger partial charge in [0.05, 0.1) is 0 Å². The van der Waals surface area contributed by atoms with Gasteiger partial charge in [0, 0.05) is 17.0 Å². The van der Waals surface area contributed by atoms with Crippen LogP contribution in [0.4, 0.5) is 0 Å². The summed E-state index contributed by atoms with van der Waals surface area (Å²) < 4.78 is 0. The van der Waals surface area contributed by atoms with Crippen LogP contribution in [0.3, 0.4) is 0 Å². The molecule has 3 heteroatoms. The smallest absolute Gasteiger partial charge is 0.0438 e. The van der Waals surface area contributed by atoms with Crippen molar-refractivity contribution in [2.45, 2.75) is 32.6 Å². The highest BCUT2D eigenvalue weighted by atomic mass is 35.5. The number of rotatable bonds is 1. The Morgan fingerprint density at radius 2 is 2.00 bits per heavy atom. The Morgan fingerprint density at radius 1 is 1.33 bits per heavy atom. The zero-order valence-electron chi connectivity index (χ0n) is 11.9. The van der Waals surface area contributed by atoms with Crippen molar-refractivity contribution in [2.75, 3.05) is 20.1 Å². The van der Waals surface area contributed by atoms with Gasteiger partial charge in [-0.05, 0) is 50.0 Å². The van der Waals surface area contributed by atoms with E-state index in [0.717, 1.165) is 17.5 Å². The maximum atomic E-state index is 6.15. The number of piperidine rings is 1. The number of hydrogen-bond donors (Lipinski definition) is 2. The molecular weight excluding hydrogens is 244 g/mol. The predicted molar refractivity (Wildman–Crippen MR) is 80.3 cm³/mol. The van der Waals surface area contributed by atoms with E-state index in [1.807, 2.05) is 13.8 Å². The van der Waals surface area contributed by atoms with Crippen LogP contribution < -0.4 is 11.1 Å². The molecule has 0 aromatic heterocycles. The Labute approximate surface area is 116 Å². The third kappa shape index (κ3) is 2.71. The average molecular weight is 269 g/mol. The van der Waals surface area contributed by atoms with Crippen molar-refractivity contribution < 1.29 is 0 Å². The van der Waals surface area contributed by atoms with Crippen molar-refractivity contribution in [1.82, 2.24) is 5.32 Å². The maximum absolute atomic E-state index is 6.15. The van der Waals surface area contributed by atoms with E-state index in [1.165, 1.54) is 31.1 Å². The second-order valence-corrected chi connectivity index (χ2v) is 5.06. The first-order valence-corrected chi connectivity index (χ1v) is 7.15. The van der Waals surface area contributed by atoms with E-state index in [1.54, 1.807) is 0 Å². The van der Waals surface area contributed by atoms with Crippen LogP contribution in [0.1, 0.15) is 31.4 Å². The second kappa shape index (κ2) is 6.55. The molecule has 1 aliphatic heterocycles. The molecule has 18 heavy (non-hydrogen) atoms. The zero-order chi connectivity index (χ0) is 13.8. The van der Waals surface area contributed by atoms with Crippen LogP contribution in [0.2, 0.25) is 5.02 Å². The van der Waals surface area contributed by atoms with Gasteiger partial charge >= 0.3 is 0 Å². The van der Waals surface area contributed by atoms with Crippen LogP contribution in [0.5, 0.6) is 0 Å². The summed E-state index contributed by atoms with van der Waals surface area (Å²) in [5.74, 6) is 0.862. The average Bonchev–Trinajstić information content (AvgIpc) is 3.00. The summed E-state index contributed by atoms with van der Waals surface area (Å²) in [5.41, 5.74) is 7.55. The fourth-order valence-electron chi connectivity index (χ4n) is 2.69. The molecule has 102 valence electrons. The summed E-state index contributed by atoms with van der Waals surface area (Å²) in [5, 5.41) is 4.36. The normalized spacial score (nSPS) is 27.3. The van der Waals surface area contributed by atoms with Gasteiger partial charge in [0.1, 0.15) is 0 Å². The van der Waals surface area contributed by atoms with E-state index in [4.69, 9.17) is 11.6 Å². The van der Waals surface area contributed by atoms with E-state index in [-0.39, 0.29) is 0 Å².